The Morgan fingerprint density at radius 1 is 1.20 bits per heavy atom. The predicted octanol–water partition coefficient (Wildman–Crippen LogP) is 3.82. The number of fused-ring (bicyclic) bond motifs is 1. The fourth-order valence-electron chi connectivity index (χ4n) is 1.76. The molecule has 3 aromatic rings. The number of nitrogens with zero attached hydrogens (tertiary/aromatic N) is 2. The first kappa shape index (κ1) is 13.5. The molecular weight excluding hydrogens is 307 g/mol. The molecule has 3 rings (SSSR count). The van der Waals surface area contributed by atoms with Gasteiger partial charge < -0.3 is 5.73 Å². The third kappa shape index (κ3) is 2.41. The summed E-state index contributed by atoms with van der Waals surface area (Å²) in [5.74, 6) is 0. The van der Waals surface area contributed by atoms with Crippen molar-refractivity contribution < 1.29 is 13.2 Å². The van der Waals surface area contributed by atoms with Crippen LogP contribution in [0.15, 0.2) is 29.9 Å². The highest BCUT2D eigenvalue weighted by atomic mass is 32.1. The topological polar surface area (TPSA) is 51.8 Å². The molecule has 0 saturated heterocycles. The van der Waals surface area contributed by atoms with Gasteiger partial charge in [0.2, 0.25) is 0 Å². The Morgan fingerprint density at radius 2 is 2.00 bits per heavy atom. The van der Waals surface area contributed by atoms with Gasteiger partial charge in [-0.1, -0.05) is 0 Å². The Morgan fingerprint density at radius 3 is 2.70 bits per heavy atom. The van der Waals surface area contributed by atoms with Crippen LogP contribution in [0.3, 0.4) is 0 Å². The predicted molar refractivity (Wildman–Crippen MR) is 72.8 cm³/mol. The monoisotopic (exact) mass is 315 g/mol. The maximum absolute atomic E-state index is 12.5. The maximum atomic E-state index is 12.5. The van der Waals surface area contributed by atoms with Crippen LogP contribution in [0.2, 0.25) is 0 Å². The van der Waals surface area contributed by atoms with Gasteiger partial charge >= 0.3 is 6.18 Å². The zero-order chi connectivity index (χ0) is 14.3. The Bertz CT molecular complexity index is 748. The second kappa shape index (κ2) is 4.80. The molecule has 8 heteroatoms. The van der Waals surface area contributed by atoms with Crippen LogP contribution in [0.1, 0.15) is 21.5 Å². The van der Waals surface area contributed by atoms with Crippen molar-refractivity contribution in [3.63, 3.8) is 0 Å². The first-order chi connectivity index (χ1) is 9.45. The Kier molecular flexibility index (Phi) is 3.23. The van der Waals surface area contributed by atoms with Gasteiger partial charge in [0.1, 0.15) is 0 Å². The molecular formula is C12H8F3N3S2. The number of thiazole rings is 1. The van der Waals surface area contributed by atoms with E-state index in [9.17, 15) is 13.2 Å². The molecule has 104 valence electrons. The number of halogens is 3. The summed E-state index contributed by atoms with van der Waals surface area (Å²) in [4.78, 5) is 7.99. The number of nitrogens with two attached hydrogens (primary N) is 1. The van der Waals surface area contributed by atoms with Crippen molar-refractivity contribution >= 4 is 32.9 Å². The minimum atomic E-state index is -4.43. The number of hydrogen-bond acceptors (Lipinski definition) is 5. The van der Waals surface area contributed by atoms with E-state index in [1.54, 1.807) is 6.20 Å². The van der Waals surface area contributed by atoms with Crippen molar-refractivity contribution in [2.75, 3.05) is 0 Å². The summed E-state index contributed by atoms with van der Waals surface area (Å²) in [6.07, 6.45) is -1.66. The van der Waals surface area contributed by atoms with Crippen LogP contribution in [0.5, 0.6) is 0 Å². The Labute approximate surface area is 119 Å². The summed E-state index contributed by atoms with van der Waals surface area (Å²) in [6, 6.07) is 3.08. The summed E-state index contributed by atoms with van der Waals surface area (Å²) in [5.41, 5.74) is 7.53. The molecule has 0 aliphatic heterocycles. The lowest BCUT2D eigenvalue weighted by atomic mass is 10.1. The summed E-state index contributed by atoms with van der Waals surface area (Å²) < 4.78 is 38.5. The fraction of sp³-hybridized carbons (Fsp3) is 0.167. The zero-order valence-corrected chi connectivity index (χ0v) is 11.5. The normalized spacial score (nSPS) is 13.8. The van der Waals surface area contributed by atoms with Crippen LogP contribution < -0.4 is 5.73 Å². The molecule has 20 heavy (non-hydrogen) atoms. The standard InChI is InChI=1S/C12H8F3N3S2/c13-12(14,15)11-18-5-9(20-11)10(16)6-3-8-7(17-4-6)1-2-19-8/h1-5,10H,16H2. The van der Waals surface area contributed by atoms with Crippen LogP contribution in [-0.2, 0) is 6.18 Å². The van der Waals surface area contributed by atoms with E-state index in [1.807, 2.05) is 17.5 Å². The van der Waals surface area contributed by atoms with Gasteiger partial charge in [-0.3, -0.25) is 4.98 Å². The molecule has 0 aliphatic carbocycles. The van der Waals surface area contributed by atoms with Gasteiger partial charge in [0.05, 0.1) is 16.3 Å². The fourth-order valence-corrected chi connectivity index (χ4v) is 3.36. The quantitative estimate of drug-likeness (QED) is 0.782. The zero-order valence-electron chi connectivity index (χ0n) is 9.89. The lowest BCUT2D eigenvalue weighted by molar-refractivity contribution is -0.137. The molecule has 3 aromatic heterocycles. The van der Waals surface area contributed by atoms with Gasteiger partial charge in [-0.05, 0) is 23.1 Å². The minimum Gasteiger partial charge on any atom is -0.320 e. The summed E-state index contributed by atoms with van der Waals surface area (Å²) in [5, 5.41) is 1.02. The highest BCUT2D eigenvalue weighted by Gasteiger charge is 2.35. The van der Waals surface area contributed by atoms with Crippen LogP contribution in [0.4, 0.5) is 13.2 Å². The average molecular weight is 315 g/mol. The molecule has 0 aliphatic rings. The second-order valence-corrected chi connectivity index (χ2v) is 6.13. The molecule has 2 N–H and O–H groups in total. The maximum Gasteiger partial charge on any atom is 0.443 e. The summed E-state index contributed by atoms with van der Waals surface area (Å²) in [7, 11) is 0. The average Bonchev–Trinajstić information content (AvgIpc) is 3.05. The van der Waals surface area contributed by atoms with E-state index in [1.165, 1.54) is 17.5 Å². The summed E-state index contributed by atoms with van der Waals surface area (Å²) >= 11 is 2.08. The lowest BCUT2D eigenvalue weighted by Gasteiger charge is -2.09. The number of alkyl halides is 3. The third-order valence-corrected chi connectivity index (χ3v) is 4.73. The van der Waals surface area contributed by atoms with Crippen LogP contribution in [-0.4, -0.2) is 9.97 Å². The van der Waals surface area contributed by atoms with E-state index >= 15 is 0 Å². The van der Waals surface area contributed by atoms with Gasteiger partial charge in [-0.2, -0.15) is 13.2 Å². The smallest absolute Gasteiger partial charge is 0.320 e. The molecule has 0 saturated carbocycles. The first-order valence-electron chi connectivity index (χ1n) is 5.57. The molecule has 3 heterocycles. The van der Waals surface area contributed by atoms with Gasteiger partial charge in [-0.15, -0.1) is 22.7 Å². The van der Waals surface area contributed by atoms with Crippen molar-refractivity contribution in [3.05, 3.63) is 45.4 Å². The number of pyridine rings is 1. The number of rotatable bonds is 2. The molecule has 0 radical (unpaired) electrons. The van der Waals surface area contributed by atoms with Crippen LogP contribution in [0.25, 0.3) is 10.2 Å². The molecule has 1 unspecified atom stereocenters. The van der Waals surface area contributed by atoms with Crippen molar-refractivity contribution in [1.29, 1.82) is 0 Å². The van der Waals surface area contributed by atoms with Crippen molar-refractivity contribution in [1.82, 2.24) is 9.97 Å². The molecule has 3 nitrogen and oxygen atoms in total. The van der Waals surface area contributed by atoms with E-state index in [0.29, 0.717) is 21.8 Å². The summed E-state index contributed by atoms with van der Waals surface area (Å²) in [6.45, 7) is 0. The Hall–Kier alpha value is -1.51. The highest BCUT2D eigenvalue weighted by Crippen LogP contribution is 2.35. The molecule has 1 atom stereocenters. The van der Waals surface area contributed by atoms with Gasteiger partial charge in [-0.25, -0.2) is 4.98 Å². The third-order valence-electron chi connectivity index (χ3n) is 2.76. The van der Waals surface area contributed by atoms with Crippen molar-refractivity contribution in [3.8, 4) is 0 Å². The number of aromatic nitrogens is 2. The van der Waals surface area contributed by atoms with Crippen LogP contribution in [0, 0.1) is 0 Å². The van der Waals surface area contributed by atoms with Gasteiger partial charge in [0, 0.05) is 17.3 Å². The van der Waals surface area contributed by atoms with Gasteiger partial charge in [0.15, 0.2) is 5.01 Å². The highest BCUT2D eigenvalue weighted by molar-refractivity contribution is 7.17. The molecule has 0 spiro atoms. The van der Waals surface area contributed by atoms with Crippen LogP contribution >= 0.6 is 22.7 Å². The Balaban J connectivity index is 1.95. The first-order valence-corrected chi connectivity index (χ1v) is 7.26. The minimum absolute atomic E-state index is 0.370. The van der Waals surface area contributed by atoms with E-state index < -0.39 is 17.2 Å². The van der Waals surface area contributed by atoms with E-state index in [2.05, 4.69) is 9.97 Å². The van der Waals surface area contributed by atoms with E-state index in [-0.39, 0.29) is 0 Å². The number of thiophene rings is 1. The van der Waals surface area contributed by atoms with Crippen molar-refractivity contribution in [2.24, 2.45) is 5.73 Å². The molecule has 0 fully saturated rings. The number of hydrogen-bond donors (Lipinski definition) is 1. The molecule has 0 aromatic carbocycles. The largest absolute Gasteiger partial charge is 0.443 e. The molecule has 0 amide bonds. The SMILES string of the molecule is NC(c1cnc2ccsc2c1)c1cnc(C(F)(F)F)s1. The van der Waals surface area contributed by atoms with Gasteiger partial charge in [0.25, 0.3) is 0 Å². The van der Waals surface area contributed by atoms with E-state index in [4.69, 9.17) is 5.73 Å². The van der Waals surface area contributed by atoms with Crippen molar-refractivity contribution in [2.45, 2.75) is 12.2 Å². The lowest BCUT2D eigenvalue weighted by Crippen LogP contribution is -2.10. The molecule has 0 bridgehead atoms. The van der Waals surface area contributed by atoms with E-state index in [0.717, 1.165) is 10.2 Å². The second-order valence-electron chi connectivity index (χ2n) is 4.12.